The summed E-state index contributed by atoms with van der Waals surface area (Å²) in [7, 11) is 0. The summed E-state index contributed by atoms with van der Waals surface area (Å²) in [5.41, 5.74) is 7.67. The molecular weight excluding hydrogens is 202 g/mol. The molecule has 1 aliphatic heterocycles. The van der Waals surface area contributed by atoms with E-state index in [4.69, 9.17) is 10.5 Å². The first kappa shape index (κ1) is 11.0. The van der Waals surface area contributed by atoms with E-state index in [0.29, 0.717) is 23.4 Å². The van der Waals surface area contributed by atoms with Crippen LogP contribution in [0, 0.1) is 6.92 Å². The van der Waals surface area contributed by atoms with Crippen molar-refractivity contribution in [2.24, 2.45) is 0 Å². The Morgan fingerprint density at radius 1 is 1.50 bits per heavy atom. The number of carbonyl (C=O) groups excluding carboxylic acids is 1. The molecule has 0 saturated carbocycles. The predicted molar refractivity (Wildman–Crippen MR) is 63.9 cm³/mol. The average molecular weight is 219 g/mol. The number of rotatable bonds is 1. The Hall–Kier alpha value is -1.51. The van der Waals surface area contributed by atoms with Gasteiger partial charge in [-0.2, -0.15) is 0 Å². The molecule has 0 saturated heterocycles. The van der Waals surface area contributed by atoms with Gasteiger partial charge in [-0.3, -0.25) is 4.79 Å². The van der Waals surface area contributed by atoms with Crippen molar-refractivity contribution in [2.75, 3.05) is 5.73 Å². The van der Waals surface area contributed by atoms with Gasteiger partial charge in [0.05, 0.1) is 17.7 Å². The van der Waals surface area contributed by atoms with Gasteiger partial charge in [0.25, 0.3) is 0 Å². The van der Waals surface area contributed by atoms with Gasteiger partial charge in [0.15, 0.2) is 11.5 Å². The molecule has 2 N–H and O–H groups in total. The molecular formula is C13H17NO2. The summed E-state index contributed by atoms with van der Waals surface area (Å²) >= 11 is 0. The highest BCUT2D eigenvalue weighted by atomic mass is 16.5. The molecule has 0 aliphatic carbocycles. The van der Waals surface area contributed by atoms with E-state index >= 15 is 0 Å². The molecule has 0 spiro atoms. The lowest BCUT2D eigenvalue weighted by Gasteiger charge is -2.34. The standard InChI is InChI=1S/C13H17NO2/c1-4-13(3)7-11(15)9-5-8(2)6-10(14)12(9)16-13/h5-6H,4,7,14H2,1-3H3. The zero-order valence-electron chi connectivity index (χ0n) is 9.96. The van der Waals surface area contributed by atoms with Gasteiger partial charge >= 0.3 is 0 Å². The molecule has 1 aromatic carbocycles. The van der Waals surface area contributed by atoms with Gasteiger partial charge in [-0.05, 0) is 38.0 Å². The first-order chi connectivity index (χ1) is 7.45. The highest BCUT2D eigenvalue weighted by molar-refractivity contribution is 6.02. The molecule has 1 atom stereocenters. The second-order valence-electron chi connectivity index (χ2n) is 4.74. The average Bonchev–Trinajstić information content (AvgIpc) is 2.20. The number of hydrogen-bond donors (Lipinski definition) is 1. The molecule has 0 fully saturated rings. The number of fused-ring (bicyclic) bond motifs is 1. The van der Waals surface area contributed by atoms with Gasteiger partial charge in [0.1, 0.15) is 5.60 Å². The number of ketones is 1. The molecule has 86 valence electrons. The fourth-order valence-electron chi connectivity index (χ4n) is 2.04. The Balaban J connectivity index is 2.55. The third kappa shape index (κ3) is 1.66. The van der Waals surface area contributed by atoms with Crippen molar-refractivity contribution in [3.8, 4) is 5.75 Å². The summed E-state index contributed by atoms with van der Waals surface area (Å²) in [4.78, 5) is 12.0. The van der Waals surface area contributed by atoms with Crippen molar-refractivity contribution >= 4 is 11.5 Å². The Morgan fingerprint density at radius 3 is 2.81 bits per heavy atom. The van der Waals surface area contributed by atoms with Crippen molar-refractivity contribution in [3.05, 3.63) is 23.3 Å². The molecule has 16 heavy (non-hydrogen) atoms. The lowest BCUT2D eigenvalue weighted by Crippen LogP contribution is -2.38. The molecule has 1 aliphatic rings. The van der Waals surface area contributed by atoms with E-state index in [1.54, 1.807) is 0 Å². The van der Waals surface area contributed by atoms with Crippen molar-refractivity contribution in [2.45, 2.75) is 39.2 Å². The highest BCUT2D eigenvalue weighted by Crippen LogP contribution is 2.39. The maximum Gasteiger partial charge on any atom is 0.170 e. The van der Waals surface area contributed by atoms with E-state index in [-0.39, 0.29) is 5.78 Å². The van der Waals surface area contributed by atoms with Gasteiger partial charge in [0, 0.05) is 0 Å². The largest absolute Gasteiger partial charge is 0.484 e. The minimum absolute atomic E-state index is 0.126. The van der Waals surface area contributed by atoms with E-state index in [9.17, 15) is 4.79 Å². The Morgan fingerprint density at radius 2 is 2.19 bits per heavy atom. The maximum absolute atomic E-state index is 12.0. The normalized spacial score (nSPS) is 23.8. The fourth-order valence-corrected chi connectivity index (χ4v) is 2.04. The first-order valence-corrected chi connectivity index (χ1v) is 5.57. The highest BCUT2D eigenvalue weighted by Gasteiger charge is 2.36. The molecule has 3 nitrogen and oxygen atoms in total. The minimum atomic E-state index is -0.409. The third-order valence-electron chi connectivity index (χ3n) is 3.19. The molecule has 1 heterocycles. The van der Waals surface area contributed by atoms with Gasteiger partial charge < -0.3 is 10.5 Å². The number of nitrogens with two attached hydrogens (primary N) is 1. The zero-order valence-corrected chi connectivity index (χ0v) is 9.96. The van der Waals surface area contributed by atoms with E-state index in [0.717, 1.165) is 12.0 Å². The van der Waals surface area contributed by atoms with E-state index in [1.807, 2.05) is 32.9 Å². The van der Waals surface area contributed by atoms with Crippen LogP contribution in [0.2, 0.25) is 0 Å². The lowest BCUT2D eigenvalue weighted by molar-refractivity contribution is 0.0504. The number of hydrogen-bond acceptors (Lipinski definition) is 3. The van der Waals surface area contributed by atoms with Crippen LogP contribution >= 0.6 is 0 Å². The van der Waals surface area contributed by atoms with Gasteiger partial charge in [-0.25, -0.2) is 0 Å². The number of nitrogen functional groups attached to an aromatic ring is 1. The Kier molecular flexibility index (Phi) is 2.41. The predicted octanol–water partition coefficient (Wildman–Crippen LogP) is 2.71. The summed E-state index contributed by atoms with van der Waals surface area (Å²) in [5.74, 6) is 0.687. The number of carbonyl (C=O) groups is 1. The van der Waals surface area contributed by atoms with Crippen LogP contribution in [0.4, 0.5) is 5.69 Å². The summed E-state index contributed by atoms with van der Waals surface area (Å²) < 4.78 is 5.88. The number of Topliss-reactive ketones (excluding diaryl/α,β-unsaturated/α-hetero) is 1. The van der Waals surface area contributed by atoms with Crippen LogP contribution in [0.25, 0.3) is 0 Å². The molecule has 0 amide bonds. The summed E-state index contributed by atoms with van der Waals surface area (Å²) in [6.45, 7) is 5.90. The fraction of sp³-hybridized carbons (Fsp3) is 0.462. The van der Waals surface area contributed by atoms with Crippen LogP contribution in [0.15, 0.2) is 12.1 Å². The third-order valence-corrected chi connectivity index (χ3v) is 3.19. The zero-order chi connectivity index (χ0) is 11.9. The van der Waals surface area contributed by atoms with Crippen LogP contribution in [0.1, 0.15) is 42.6 Å². The molecule has 0 radical (unpaired) electrons. The molecule has 2 rings (SSSR count). The van der Waals surface area contributed by atoms with Crippen molar-refractivity contribution < 1.29 is 9.53 Å². The number of ether oxygens (including phenoxy) is 1. The SMILES string of the molecule is CCC1(C)CC(=O)c2cc(C)cc(N)c2O1. The number of benzene rings is 1. The first-order valence-electron chi connectivity index (χ1n) is 5.57. The number of aryl methyl sites for hydroxylation is 1. The lowest BCUT2D eigenvalue weighted by atomic mass is 9.88. The van der Waals surface area contributed by atoms with Crippen molar-refractivity contribution in [3.63, 3.8) is 0 Å². The van der Waals surface area contributed by atoms with Gasteiger partial charge in [-0.15, -0.1) is 0 Å². The second-order valence-corrected chi connectivity index (χ2v) is 4.74. The monoisotopic (exact) mass is 219 g/mol. The minimum Gasteiger partial charge on any atom is -0.484 e. The smallest absolute Gasteiger partial charge is 0.170 e. The van der Waals surface area contributed by atoms with Crippen LogP contribution < -0.4 is 10.5 Å². The van der Waals surface area contributed by atoms with E-state index in [2.05, 4.69) is 0 Å². The van der Waals surface area contributed by atoms with E-state index in [1.165, 1.54) is 0 Å². The van der Waals surface area contributed by atoms with Crippen LogP contribution in [-0.2, 0) is 0 Å². The van der Waals surface area contributed by atoms with Gasteiger partial charge in [0.2, 0.25) is 0 Å². The number of anilines is 1. The Labute approximate surface area is 95.6 Å². The van der Waals surface area contributed by atoms with Crippen LogP contribution in [0.5, 0.6) is 5.75 Å². The summed E-state index contributed by atoms with van der Waals surface area (Å²) in [6, 6.07) is 3.69. The summed E-state index contributed by atoms with van der Waals surface area (Å²) in [6.07, 6.45) is 1.23. The molecule has 0 aromatic heterocycles. The van der Waals surface area contributed by atoms with Gasteiger partial charge in [-0.1, -0.05) is 6.92 Å². The van der Waals surface area contributed by atoms with Crippen LogP contribution in [-0.4, -0.2) is 11.4 Å². The Bertz CT molecular complexity index is 453. The quantitative estimate of drug-likeness (QED) is 0.739. The topological polar surface area (TPSA) is 52.3 Å². The molecule has 0 bridgehead atoms. The maximum atomic E-state index is 12.0. The molecule has 3 heteroatoms. The molecule has 1 aromatic rings. The molecule has 1 unspecified atom stereocenters. The van der Waals surface area contributed by atoms with Crippen LogP contribution in [0.3, 0.4) is 0 Å². The van der Waals surface area contributed by atoms with E-state index < -0.39 is 5.60 Å². The summed E-state index contributed by atoms with van der Waals surface area (Å²) in [5, 5.41) is 0. The van der Waals surface area contributed by atoms with Crippen molar-refractivity contribution in [1.29, 1.82) is 0 Å². The second kappa shape index (κ2) is 3.51. The van der Waals surface area contributed by atoms with Crippen molar-refractivity contribution in [1.82, 2.24) is 0 Å².